The van der Waals surface area contributed by atoms with Crippen molar-refractivity contribution >= 4 is 33.4 Å². The van der Waals surface area contributed by atoms with Gasteiger partial charge in [0.2, 0.25) is 11.8 Å². The average Bonchev–Trinajstić information content (AvgIpc) is 2.25. The molecule has 0 aromatic carbocycles. The number of hydrogen-bond donors (Lipinski definition) is 2. The van der Waals surface area contributed by atoms with Crippen molar-refractivity contribution in [3.05, 3.63) is 0 Å². The van der Waals surface area contributed by atoms with Crippen LogP contribution in [0.1, 0.15) is 6.42 Å². The summed E-state index contributed by atoms with van der Waals surface area (Å²) in [4.78, 5) is 22.2. The number of ether oxygens (including phenoxy) is 1. The molecule has 0 aromatic rings. The summed E-state index contributed by atoms with van der Waals surface area (Å²) in [6, 6.07) is 0. The van der Waals surface area contributed by atoms with Crippen LogP contribution in [0.5, 0.6) is 0 Å². The zero-order valence-corrected chi connectivity index (χ0v) is 11.2. The molecular weight excluding hydrogens is 248 g/mol. The molecule has 0 spiro atoms. The van der Waals surface area contributed by atoms with E-state index in [9.17, 15) is 9.59 Å². The Bertz CT molecular complexity index is 215. The van der Waals surface area contributed by atoms with Crippen LogP contribution in [0.25, 0.3) is 0 Å². The van der Waals surface area contributed by atoms with E-state index >= 15 is 0 Å². The minimum absolute atomic E-state index is 0.0162. The predicted octanol–water partition coefficient (Wildman–Crippen LogP) is 0.266. The summed E-state index contributed by atoms with van der Waals surface area (Å²) in [5.41, 5.74) is 0. The van der Waals surface area contributed by atoms with Crippen LogP contribution in [-0.2, 0) is 14.3 Å². The lowest BCUT2D eigenvalue weighted by molar-refractivity contribution is -0.125. The van der Waals surface area contributed by atoms with Crippen LogP contribution in [0.15, 0.2) is 0 Å². The normalized spacial score (nSPS) is 9.88. The van der Waals surface area contributed by atoms with E-state index in [-0.39, 0.29) is 18.4 Å². The van der Waals surface area contributed by atoms with Gasteiger partial charge in [-0.2, -0.15) is 0 Å². The minimum atomic E-state index is -0.172. The summed E-state index contributed by atoms with van der Waals surface area (Å²) in [7, 11) is 4.77. The number of methoxy groups -OCH3 is 1. The van der Waals surface area contributed by atoms with Crippen LogP contribution >= 0.6 is 21.6 Å². The molecule has 0 bridgehead atoms. The lowest BCUT2D eigenvalue weighted by Gasteiger charge is -2.06. The maximum absolute atomic E-state index is 11.2. The second-order valence-corrected chi connectivity index (χ2v) is 5.56. The monoisotopic (exact) mass is 266 g/mol. The molecule has 0 unspecified atom stereocenters. The summed E-state index contributed by atoms with van der Waals surface area (Å²) < 4.78 is 4.64. The Kier molecular flexibility index (Phi) is 10.8. The first kappa shape index (κ1) is 15.6. The highest BCUT2D eigenvalue weighted by Crippen LogP contribution is 2.16. The molecular formula is C9H18N2O3S2. The molecule has 0 aromatic heterocycles. The van der Waals surface area contributed by atoms with Crippen LogP contribution in [-0.4, -0.2) is 50.6 Å². The van der Waals surface area contributed by atoms with E-state index in [1.54, 1.807) is 21.6 Å². The number of nitrogens with one attached hydrogen (secondary N) is 2. The summed E-state index contributed by atoms with van der Waals surface area (Å²) >= 11 is 0. The molecule has 0 heterocycles. The third-order valence-electron chi connectivity index (χ3n) is 1.58. The molecule has 0 aliphatic heterocycles. The molecule has 94 valence electrons. The fourth-order valence-electron chi connectivity index (χ4n) is 0.892. The second kappa shape index (κ2) is 11.1. The Morgan fingerprint density at radius 1 is 1.19 bits per heavy atom. The summed E-state index contributed by atoms with van der Waals surface area (Å²) in [6.07, 6.45) is 2.49. The van der Waals surface area contributed by atoms with E-state index in [4.69, 9.17) is 0 Å². The fourth-order valence-corrected chi connectivity index (χ4v) is 2.08. The van der Waals surface area contributed by atoms with Gasteiger partial charge in [0.05, 0.1) is 0 Å². The van der Waals surface area contributed by atoms with Gasteiger partial charge in [-0.1, -0.05) is 21.6 Å². The molecule has 0 saturated heterocycles. The van der Waals surface area contributed by atoms with Gasteiger partial charge in [0.1, 0.15) is 6.61 Å². The fraction of sp³-hybridized carbons (Fsp3) is 0.778. The Labute approximate surface area is 104 Å². The van der Waals surface area contributed by atoms with Gasteiger partial charge >= 0.3 is 0 Å². The quantitative estimate of drug-likeness (QED) is 0.463. The molecule has 2 N–H and O–H groups in total. The maximum atomic E-state index is 11.2. The lowest BCUT2D eigenvalue weighted by Crippen LogP contribution is -2.36. The first-order chi connectivity index (χ1) is 7.70. The molecule has 0 atom stereocenters. The highest BCUT2D eigenvalue weighted by Gasteiger charge is 2.01. The number of hydrogen-bond acceptors (Lipinski definition) is 5. The average molecular weight is 266 g/mol. The Hall–Kier alpha value is -0.400. The van der Waals surface area contributed by atoms with Gasteiger partial charge in [-0.3, -0.25) is 9.59 Å². The van der Waals surface area contributed by atoms with Crippen LogP contribution < -0.4 is 10.6 Å². The third-order valence-corrected chi connectivity index (χ3v) is 3.39. The lowest BCUT2D eigenvalue weighted by atomic mass is 10.4. The molecule has 7 heteroatoms. The number of carbonyl (C=O) groups excluding carboxylic acids is 2. The van der Waals surface area contributed by atoms with Gasteiger partial charge in [-0.25, -0.2) is 0 Å². The topological polar surface area (TPSA) is 67.4 Å². The van der Waals surface area contributed by atoms with Crippen molar-refractivity contribution in [3.8, 4) is 0 Å². The van der Waals surface area contributed by atoms with Gasteiger partial charge < -0.3 is 15.4 Å². The molecule has 0 radical (unpaired) electrons. The molecule has 0 aliphatic carbocycles. The third kappa shape index (κ3) is 10.1. The number of rotatable bonds is 9. The van der Waals surface area contributed by atoms with E-state index in [0.29, 0.717) is 19.5 Å². The van der Waals surface area contributed by atoms with Gasteiger partial charge in [0.15, 0.2) is 0 Å². The standard InChI is InChI=1S/C9H18N2O3S2/c1-14-7-9(13)11-5-4-10-8(12)3-6-16-15-2/h3-7H2,1-2H3,(H,10,12)(H,11,13). The molecule has 16 heavy (non-hydrogen) atoms. The Balaban J connectivity index is 3.30. The Morgan fingerprint density at radius 2 is 1.81 bits per heavy atom. The van der Waals surface area contributed by atoms with E-state index in [0.717, 1.165) is 5.75 Å². The molecule has 0 fully saturated rings. The molecule has 0 saturated carbocycles. The van der Waals surface area contributed by atoms with Crippen LogP contribution in [0.4, 0.5) is 0 Å². The second-order valence-electron chi connectivity index (χ2n) is 2.87. The van der Waals surface area contributed by atoms with E-state index in [1.165, 1.54) is 7.11 Å². The van der Waals surface area contributed by atoms with Crippen LogP contribution in [0, 0.1) is 0 Å². The summed E-state index contributed by atoms with van der Waals surface area (Å²) in [5, 5.41) is 5.34. The van der Waals surface area contributed by atoms with Crippen LogP contribution in [0.3, 0.4) is 0 Å². The smallest absolute Gasteiger partial charge is 0.246 e. The van der Waals surface area contributed by atoms with E-state index < -0.39 is 0 Å². The van der Waals surface area contributed by atoms with Crippen molar-refractivity contribution in [2.45, 2.75) is 6.42 Å². The Morgan fingerprint density at radius 3 is 2.38 bits per heavy atom. The maximum Gasteiger partial charge on any atom is 0.246 e. The summed E-state index contributed by atoms with van der Waals surface area (Å²) in [6.45, 7) is 0.945. The van der Waals surface area contributed by atoms with Gasteiger partial charge in [0, 0.05) is 32.4 Å². The highest BCUT2D eigenvalue weighted by molar-refractivity contribution is 8.76. The number of carbonyl (C=O) groups is 2. The minimum Gasteiger partial charge on any atom is -0.375 e. The zero-order valence-electron chi connectivity index (χ0n) is 9.58. The first-order valence-electron chi connectivity index (χ1n) is 4.88. The van der Waals surface area contributed by atoms with Gasteiger partial charge in [-0.05, 0) is 6.26 Å². The van der Waals surface area contributed by atoms with Crippen molar-refractivity contribution in [1.82, 2.24) is 10.6 Å². The van der Waals surface area contributed by atoms with Crippen molar-refractivity contribution in [3.63, 3.8) is 0 Å². The predicted molar refractivity (Wildman–Crippen MR) is 68.5 cm³/mol. The van der Waals surface area contributed by atoms with Crippen LogP contribution in [0.2, 0.25) is 0 Å². The largest absolute Gasteiger partial charge is 0.375 e. The molecule has 0 aliphatic rings. The summed E-state index contributed by atoms with van der Waals surface area (Å²) in [5.74, 6) is 0.653. The number of amides is 2. The van der Waals surface area contributed by atoms with E-state index in [1.807, 2.05) is 6.26 Å². The highest BCUT2D eigenvalue weighted by atomic mass is 33.1. The molecule has 0 rings (SSSR count). The van der Waals surface area contributed by atoms with Crippen molar-refractivity contribution in [2.24, 2.45) is 0 Å². The van der Waals surface area contributed by atoms with Gasteiger partial charge in [-0.15, -0.1) is 0 Å². The SMILES string of the molecule is COCC(=O)NCCNC(=O)CCSSC. The molecule has 5 nitrogen and oxygen atoms in total. The van der Waals surface area contributed by atoms with Crippen molar-refractivity contribution in [1.29, 1.82) is 0 Å². The van der Waals surface area contributed by atoms with Crippen molar-refractivity contribution < 1.29 is 14.3 Å². The van der Waals surface area contributed by atoms with Gasteiger partial charge in [0.25, 0.3) is 0 Å². The zero-order chi connectivity index (χ0) is 12.2. The van der Waals surface area contributed by atoms with Crippen molar-refractivity contribution in [2.75, 3.05) is 38.8 Å². The van der Waals surface area contributed by atoms with E-state index in [2.05, 4.69) is 15.4 Å². The molecule has 2 amide bonds. The first-order valence-corrected chi connectivity index (χ1v) is 7.61.